The van der Waals surface area contributed by atoms with Gasteiger partial charge < -0.3 is 9.47 Å². The number of para-hydroxylation sites is 1. The Labute approximate surface area is 220 Å². The van der Waals surface area contributed by atoms with Gasteiger partial charge in [-0.05, 0) is 75.7 Å². The molecule has 5 aromatic rings. The average Bonchev–Trinajstić information content (AvgIpc) is 2.97. The lowest BCUT2D eigenvalue weighted by Crippen LogP contribution is -1.99. The van der Waals surface area contributed by atoms with Crippen molar-refractivity contribution in [3.63, 3.8) is 0 Å². The van der Waals surface area contributed by atoms with Crippen molar-refractivity contribution in [1.82, 2.24) is 0 Å². The molecule has 0 fully saturated rings. The summed E-state index contributed by atoms with van der Waals surface area (Å²) in [5.74, 6) is 1.83. The highest BCUT2D eigenvalue weighted by Crippen LogP contribution is 2.27. The molecule has 2 nitrogen and oxygen atoms in total. The van der Waals surface area contributed by atoms with Gasteiger partial charge in [-0.2, -0.15) is 0 Å². The van der Waals surface area contributed by atoms with Crippen LogP contribution in [-0.2, 0) is 19.6 Å². The average molecular weight is 485 g/mol. The van der Waals surface area contributed by atoms with Gasteiger partial charge in [-0.1, -0.05) is 110 Å². The number of hydrogen-bond acceptors (Lipinski definition) is 2. The number of ether oxygens (including phenoxy) is 2. The largest absolute Gasteiger partial charge is 0.489 e. The Morgan fingerprint density at radius 2 is 1.05 bits per heavy atom. The summed E-state index contributed by atoms with van der Waals surface area (Å²) in [6.45, 7) is 3.26. The molecule has 0 saturated carbocycles. The van der Waals surface area contributed by atoms with E-state index in [0.717, 1.165) is 46.6 Å². The van der Waals surface area contributed by atoms with E-state index in [2.05, 4.69) is 116 Å². The molecule has 0 heterocycles. The van der Waals surface area contributed by atoms with Gasteiger partial charge in [0.25, 0.3) is 0 Å². The van der Waals surface area contributed by atoms with Crippen molar-refractivity contribution in [2.75, 3.05) is 0 Å². The minimum atomic E-state index is 0.523. The zero-order valence-corrected chi connectivity index (χ0v) is 21.3. The van der Waals surface area contributed by atoms with Gasteiger partial charge in [-0.3, -0.25) is 0 Å². The maximum atomic E-state index is 6.19. The van der Waals surface area contributed by atoms with E-state index in [1.54, 1.807) is 0 Å². The van der Waals surface area contributed by atoms with Crippen LogP contribution in [0.25, 0.3) is 22.3 Å². The first-order valence-electron chi connectivity index (χ1n) is 13.0. The van der Waals surface area contributed by atoms with Crippen molar-refractivity contribution in [2.24, 2.45) is 0 Å². The molecule has 5 aromatic carbocycles. The lowest BCUT2D eigenvalue weighted by Gasteiger charge is -2.12. The summed E-state index contributed by atoms with van der Waals surface area (Å²) in [6.07, 6.45) is 2.13. The molecule has 37 heavy (non-hydrogen) atoms. The maximum absolute atomic E-state index is 6.19. The Bertz CT molecular complexity index is 1440. The molecule has 0 aliphatic carbocycles. The summed E-state index contributed by atoms with van der Waals surface area (Å²) in [6, 6.07) is 44.1. The van der Waals surface area contributed by atoms with Crippen molar-refractivity contribution < 1.29 is 9.47 Å². The predicted molar refractivity (Wildman–Crippen MR) is 153 cm³/mol. The van der Waals surface area contributed by atoms with Crippen LogP contribution in [0.2, 0.25) is 0 Å². The first-order valence-corrected chi connectivity index (χ1v) is 13.0. The van der Waals surface area contributed by atoms with E-state index in [9.17, 15) is 0 Å². The van der Waals surface area contributed by atoms with E-state index in [1.807, 2.05) is 18.2 Å². The predicted octanol–water partition coefficient (Wildman–Crippen LogP) is 9.13. The monoisotopic (exact) mass is 484 g/mol. The van der Waals surface area contributed by atoms with E-state index in [4.69, 9.17) is 9.47 Å². The molecule has 0 atom stereocenters. The molecule has 0 amide bonds. The van der Waals surface area contributed by atoms with Crippen LogP contribution >= 0.6 is 0 Å². The Hall–Kier alpha value is -4.30. The first-order chi connectivity index (χ1) is 18.3. The normalized spacial score (nSPS) is 10.7. The van der Waals surface area contributed by atoms with Crippen LogP contribution in [-0.4, -0.2) is 0 Å². The van der Waals surface area contributed by atoms with Crippen LogP contribution in [0.15, 0.2) is 127 Å². The number of hydrogen-bond donors (Lipinski definition) is 0. The van der Waals surface area contributed by atoms with Gasteiger partial charge in [0.1, 0.15) is 24.7 Å². The highest BCUT2D eigenvalue weighted by molar-refractivity contribution is 5.66. The Balaban J connectivity index is 1.26. The molecule has 0 bridgehead atoms. The van der Waals surface area contributed by atoms with Crippen LogP contribution in [0.3, 0.4) is 0 Å². The molecular weight excluding hydrogens is 452 g/mol. The minimum Gasteiger partial charge on any atom is -0.489 e. The van der Waals surface area contributed by atoms with Crippen LogP contribution in [0, 0.1) is 0 Å². The lowest BCUT2D eigenvalue weighted by molar-refractivity contribution is 0.303. The molecule has 0 saturated heterocycles. The quantitative estimate of drug-likeness (QED) is 0.197. The molecule has 0 N–H and O–H groups in total. The minimum absolute atomic E-state index is 0.523. The molecule has 0 unspecified atom stereocenters. The molecule has 0 spiro atoms. The van der Waals surface area contributed by atoms with Crippen molar-refractivity contribution >= 4 is 0 Å². The van der Waals surface area contributed by atoms with Gasteiger partial charge in [0, 0.05) is 0 Å². The maximum Gasteiger partial charge on any atom is 0.122 e. The summed E-state index contributed by atoms with van der Waals surface area (Å²) in [5, 5.41) is 0. The molecule has 2 heteroatoms. The number of benzene rings is 5. The summed E-state index contributed by atoms with van der Waals surface area (Å²) in [5.41, 5.74) is 8.25. The smallest absolute Gasteiger partial charge is 0.122 e. The zero-order valence-electron chi connectivity index (χ0n) is 21.3. The third-order valence-electron chi connectivity index (χ3n) is 6.42. The van der Waals surface area contributed by atoms with Gasteiger partial charge >= 0.3 is 0 Å². The zero-order chi connectivity index (χ0) is 25.3. The van der Waals surface area contributed by atoms with E-state index >= 15 is 0 Å². The lowest BCUT2D eigenvalue weighted by atomic mass is 10.0. The van der Waals surface area contributed by atoms with E-state index in [-0.39, 0.29) is 0 Å². The fraction of sp³-hybridized carbons (Fsp3) is 0.143. The molecule has 5 rings (SSSR count). The second-order valence-corrected chi connectivity index (χ2v) is 9.23. The molecular formula is C35H32O2. The fourth-order valence-corrected chi connectivity index (χ4v) is 4.53. The molecule has 184 valence electrons. The third-order valence-corrected chi connectivity index (χ3v) is 6.42. The van der Waals surface area contributed by atoms with Crippen molar-refractivity contribution in [1.29, 1.82) is 0 Å². The van der Waals surface area contributed by atoms with Gasteiger partial charge in [-0.25, -0.2) is 0 Å². The molecule has 0 radical (unpaired) electrons. The number of rotatable bonds is 10. The van der Waals surface area contributed by atoms with Crippen LogP contribution in [0.4, 0.5) is 0 Å². The highest BCUT2D eigenvalue weighted by Gasteiger charge is 2.06. The van der Waals surface area contributed by atoms with Crippen molar-refractivity contribution in [3.05, 3.63) is 144 Å². The van der Waals surface area contributed by atoms with Gasteiger partial charge in [0.05, 0.1) is 0 Å². The van der Waals surface area contributed by atoms with E-state index in [1.165, 1.54) is 16.7 Å². The second-order valence-electron chi connectivity index (χ2n) is 9.23. The van der Waals surface area contributed by atoms with Crippen LogP contribution < -0.4 is 9.47 Å². The number of aryl methyl sites for hydroxylation is 1. The molecule has 0 aliphatic rings. The third kappa shape index (κ3) is 6.48. The Morgan fingerprint density at radius 3 is 1.78 bits per heavy atom. The summed E-state index contributed by atoms with van der Waals surface area (Å²) < 4.78 is 12.4. The summed E-state index contributed by atoms with van der Waals surface area (Å²) >= 11 is 0. The second kappa shape index (κ2) is 12.1. The molecule has 0 aromatic heterocycles. The molecule has 0 aliphatic heterocycles. The van der Waals surface area contributed by atoms with E-state index in [0.29, 0.717) is 13.2 Å². The van der Waals surface area contributed by atoms with Crippen molar-refractivity contribution in [2.45, 2.75) is 33.0 Å². The van der Waals surface area contributed by atoms with Gasteiger partial charge in [0.2, 0.25) is 0 Å². The van der Waals surface area contributed by atoms with Gasteiger partial charge in [0.15, 0.2) is 0 Å². The SMILES string of the molecule is CCCc1ccccc1OCc1cccc(-c2cccc(OCc3cccc(-c4ccccc4)c3)c2)c1. The van der Waals surface area contributed by atoms with Crippen LogP contribution in [0.1, 0.15) is 30.0 Å². The van der Waals surface area contributed by atoms with Gasteiger partial charge in [-0.15, -0.1) is 0 Å². The topological polar surface area (TPSA) is 18.5 Å². The highest BCUT2D eigenvalue weighted by atomic mass is 16.5. The van der Waals surface area contributed by atoms with E-state index < -0.39 is 0 Å². The Kier molecular flexibility index (Phi) is 7.98. The van der Waals surface area contributed by atoms with Crippen LogP contribution in [0.5, 0.6) is 11.5 Å². The fourth-order valence-electron chi connectivity index (χ4n) is 4.53. The summed E-state index contributed by atoms with van der Waals surface area (Å²) in [7, 11) is 0. The standard InChI is InChI=1S/C35H32O2/c1-2-11-30-16-6-7-21-35(30)37-26-28-13-9-18-32(23-28)33-19-10-20-34(24-33)36-25-27-12-8-17-31(22-27)29-14-4-3-5-15-29/h3-10,12-24H,2,11,25-26H2,1H3. The summed E-state index contributed by atoms with van der Waals surface area (Å²) in [4.78, 5) is 0. The van der Waals surface area contributed by atoms with Crippen molar-refractivity contribution in [3.8, 4) is 33.8 Å². The Morgan fingerprint density at radius 1 is 0.486 bits per heavy atom. The first kappa shape index (κ1) is 24.4.